The van der Waals surface area contributed by atoms with Crippen molar-refractivity contribution in [3.05, 3.63) is 58.4 Å². The molecule has 2 aliphatic rings. The van der Waals surface area contributed by atoms with Gasteiger partial charge in [0.15, 0.2) is 12.4 Å². The van der Waals surface area contributed by atoms with E-state index in [2.05, 4.69) is 62.2 Å². The molecule has 0 saturated carbocycles. The number of H-pyrrole nitrogens is 1. The van der Waals surface area contributed by atoms with Gasteiger partial charge in [-0.05, 0) is 90.4 Å². The van der Waals surface area contributed by atoms with Gasteiger partial charge in [-0.25, -0.2) is 9.59 Å². The van der Waals surface area contributed by atoms with Gasteiger partial charge in [0.2, 0.25) is 0 Å². The number of aromatic amines is 1. The number of ether oxygens (including phenoxy) is 4. The van der Waals surface area contributed by atoms with E-state index in [1.165, 1.54) is 0 Å². The molecule has 0 aliphatic carbocycles. The van der Waals surface area contributed by atoms with Crippen LogP contribution in [0.2, 0.25) is 0 Å². The second-order valence-electron chi connectivity index (χ2n) is 15.1. The zero-order valence-corrected chi connectivity index (χ0v) is 36.2. The lowest BCUT2D eigenvalue weighted by atomic mass is 10.0. The first kappa shape index (κ1) is 47.2. The maximum absolute atomic E-state index is 13.1. The number of carbonyl (C=O) groups excluding carboxylic acids is 5. The number of aryl methyl sites for hydroxylation is 1. The van der Waals surface area contributed by atoms with E-state index in [9.17, 15) is 24.0 Å². The van der Waals surface area contributed by atoms with Crippen molar-refractivity contribution in [2.75, 3.05) is 82.9 Å². The first-order valence-electron chi connectivity index (χ1n) is 19.8. The number of rotatable bonds is 17. The van der Waals surface area contributed by atoms with Gasteiger partial charge in [-0.15, -0.1) is 0 Å². The zero-order valence-electron chi connectivity index (χ0n) is 35.3. The van der Waals surface area contributed by atoms with Crippen LogP contribution in [0.4, 0.5) is 11.4 Å². The Kier molecular flexibility index (Phi) is 17.5. The minimum absolute atomic E-state index is 0.179. The second kappa shape index (κ2) is 22.2. The lowest BCUT2D eigenvalue weighted by molar-refractivity contribution is -0.146. The number of hydrogen-bond acceptors (Lipinski definition) is 14. The van der Waals surface area contributed by atoms with Crippen molar-refractivity contribution in [1.82, 2.24) is 25.4 Å². The largest absolute Gasteiger partial charge is 0.471 e. The van der Waals surface area contributed by atoms with Gasteiger partial charge in [-0.2, -0.15) is 4.40 Å². The summed E-state index contributed by atoms with van der Waals surface area (Å²) in [7, 11) is 0. The molecular weight excluding hydrogens is 795 g/mol. The average Bonchev–Trinajstić information content (AvgIpc) is 3.68. The summed E-state index contributed by atoms with van der Waals surface area (Å²) in [5.41, 5.74) is 3.87. The number of aromatic nitrogens is 1. The van der Waals surface area contributed by atoms with Gasteiger partial charge < -0.3 is 55.0 Å². The van der Waals surface area contributed by atoms with E-state index in [0.29, 0.717) is 77.9 Å². The first-order valence-corrected chi connectivity index (χ1v) is 20.2. The molecule has 4 rings (SSSR count). The fourth-order valence-electron chi connectivity index (χ4n) is 6.31. The Balaban J connectivity index is 1.32. The minimum atomic E-state index is -0.966. The monoisotopic (exact) mass is 851 g/mol. The van der Waals surface area contributed by atoms with Gasteiger partial charge in [-0.3, -0.25) is 19.8 Å². The molecule has 1 saturated heterocycles. The van der Waals surface area contributed by atoms with E-state index in [4.69, 9.17) is 24.4 Å². The van der Waals surface area contributed by atoms with Gasteiger partial charge in [0.25, 0.3) is 23.6 Å². The molecule has 3 heterocycles. The lowest BCUT2D eigenvalue weighted by Gasteiger charge is -2.30. The molecule has 1 atom stereocenters. The Hall–Kier alpha value is -5.50. The van der Waals surface area contributed by atoms with Gasteiger partial charge in [-0.1, -0.05) is 13.8 Å². The van der Waals surface area contributed by atoms with Gasteiger partial charge in [0, 0.05) is 78.7 Å². The molecule has 18 nitrogen and oxygen atoms in total. The molecule has 326 valence electrons. The Morgan fingerprint density at radius 2 is 1.78 bits per heavy atom. The average molecular weight is 852 g/mol. The summed E-state index contributed by atoms with van der Waals surface area (Å²) >= 11 is 3.99. The number of benzene rings is 1. The molecule has 3 amide bonds. The van der Waals surface area contributed by atoms with Crippen molar-refractivity contribution in [2.45, 2.75) is 60.1 Å². The fraction of sp³-hybridized carbons (Fsp3) is 0.488. The lowest BCUT2D eigenvalue weighted by Crippen LogP contribution is -2.46. The number of likely N-dealkylation sites (N-methyl/N-ethyl adjacent to an activating group) is 1. The molecule has 60 heavy (non-hydrogen) atoms. The highest BCUT2D eigenvalue weighted by atomic mass is 32.1. The molecule has 0 unspecified atom stereocenters. The summed E-state index contributed by atoms with van der Waals surface area (Å²) in [5, 5.41) is 20.0. The van der Waals surface area contributed by atoms with E-state index in [0.717, 1.165) is 31.8 Å². The van der Waals surface area contributed by atoms with Crippen LogP contribution in [0.25, 0.3) is 11.6 Å². The molecule has 1 aromatic heterocycles. The Morgan fingerprint density at radius 3 is 2.45 bits per heavy atom. The van der Waals surface area contributed by atoms with Crippen molar-refractivity contribution in [3.63, 3.8) is 0 Å². The zero-order chi connectivity index (χ0) is 44.0. The van der Waals surface area contributed by atoms with E-state index in [-0.39, 0.29) is 42.2 Å². The molecule has 0 bridgehead atoms. The first-order chi connectivity index (χ1) is 28.5. The summed E-state index contributed by atoms with van der Waals surface area (Å²) in [6.45, 7) is 17.9. The second-order valence-corrected chi connectivity index (χ2v) is 15.3. The molecule has 6 N–H and O–H groups in total. The Morgan fingerprint density at radius 1 is 1.08 bits per heavy atom. The molecular formula is C41H57N9O9S. The van der Waals surface area contributed by atoms with Crippen LogP contribution in [-0.4, -0.2) is 140 Å². The van der Waals surface area contributed by atoms with Crippen LogP contribution in [0.1, 0.15) is 67.5 Å². The van der Waals surface area contributed by atoms with Crippen molar-refractivity contribution in [2.24, 2.45) is 4.40 Å². The maximum Gasteiger partial charge on any atom is 0.331 e. The molecule has 0 spiro atoms. The molecule has 1 fully saturated rings. The number of nitrogens with one attached hydrogen (secondary N) is 6. The maximum atomic E-state index is 13.1. The minimum Gasteiger partial charge on any atom is -0.471 e. The predicted molar refractivity (Wildman–Crippen MR) is 232 cm³/mol. The number of morpholine rings is 1. The number of carbonyl (C=O) groups is 5. The topological polar surface area (TPSA) is 229 Å². The summed E-state index contributed by atoms with van der Waals surface area (Å²) in [6, 6.07) is 4.85. The SMILES string of the molecule is CCN(CC)CCNC(=O)c1c(C)[nH]c(/C=C2\C(=O)Nc3ccc(NC(=O)COC(=O)/C=C\C(=O)O[C@@H](CNC(C)(C)C)COC(=N)C(=NS)N4CCOCC4)cc32)c1C. The normalized spacial score (nSPS) is 15.5. The number of fused-ring (bicyclic) bond motifs is 1. The van der Waals surface area contributed by atoms with Gasteiger partial charge in [0.05, 0.1) is 24.4 Å². The number of hydrogen-bond donors (Lipinski definition) is 7. The van der Waals surface area contributed by atoms with Crippen LogP contribution in [0.3, 0.4) is 0 Å². The number of anilines is 2. The highest BCUT2D eigenvalue weighted by molar-refractivity contribution is 7.79. The van der Waals surface area contributed by atoms with E-state index in [1.807, 2.05) is 32.6 Å². The highest BCUT2D eigenvalue weighted by Crippen LogP contribution is 2.36. The number of amides is 3. The van der Waals surface area contributed by atoms with E-state index < -0.39 is 30.6 Å². The third kappa shape index (κ3) is 13.8. The van der Waals surface area contributed by atoms with Crippen LogP contribution in [0.5, 0.6) is 0 Å². The molecule has 2 aromatic rings. The summed E-state index contributed by atoms with van der Waals surface area (Å²) in [6.07, 6.45) is 2.53. The quantitative estimate of drug-likeness (QED) is 0.0401. The summed E-state index contributed by atoms with van der Waals surface area (Å²) < 4.78 is 25.4. The van der Waals surface area contributed by atoms with Gasteiger partial charge >= 0.3 is 11.9 Å². The van der Waals surface area contributed by atoms with Gasteiger partial charge in [0.1, 0.15) is 12.7 Å². The van der Waals surface area contributed by atoms with Crippen molar-refractivity contribution >= 4 is 77.2 Å². The molecule has 2 aliphatic heterocycles. The van der Waals surface area contributed by atoms with E-state index >= 15 is 0 Å². The Labute approximate surface area is 355 Å². The molecule has 19 heteroatoms. The van der Waals surface area contributed by atoms with E-state index in [1.54, 1.807) is 31.2 Å². The fourth-order valence-corrected chi connectivity index (χ4v) is 6.53. The number of thiol groups is 1. The smallest absolute Gasteiger partial charge is 0.331 e. The third-order valence-electron chi connectivity index (χ3n) is 9.55. The van der Waals surface area contributed by atoms with Crippen LogP contribution in [-0.2, 0) is 38.1 Å². The van der Waals surface area contributed by atoms with Crippen LogP contribution in [0.15, 0.2) is 34.7 Å². The molecule has 0 radical (unpaired) electrons. The van der Waals surface area contributed by atoms with Crippen LogP contribution in [0, 0.1) is 19.3 Å². The van der Waals surface area contributed by atoms with Crippen molar-refractivity contribution in [3.8, 4) is 0 Å². The highest BCUT2D eigenvalue weighted by Gasteiger charge is 2.27. The number of nitrogens with zero attached hydrogens (tertiary/aromatic N) is 3. The van der Waals surface area contributed by atoms with Crippen molar-refractivity contribution < 1.29 is 42.9 Å². The summed E-state index contributed by atoms with van der Waals surface area (Å²) in [5.74, 6) is -3.08. The molecule has 1 aromatic carbocycles. The number of esters is 2. The van der Waals surface area contributed by atoms with Crippen molar-refractivity contribution in [1.29, 1.82) is 5.41 Å². The van der Waals surface area contributed by atoms with Crippen LogP contribution >= 0.6 is 12.8 Å². The Bertz CT molecular complexity index is 1990. The number of amidine groups is 1. The third-order valence-corrected chi connectivity index (χ3v) is 9.74. The standard InChI is InChI=1S/C41H57N9O9S/c1-8-49(9-2)15-14-43-40(55)36-25(3)32(45-26(36)4)21-30-29-20-27(10-11-31(29)47-39(30)54)46-33(51)24-57-34(52)12-13-35(53)59-28(22-44-41(5,6)7)23-58-37(42)38(48-60)50-16-18-56-19-17-50/h10-13,20-21,28,42,44-45,60H,8-9,14-19,22-24H2,1-7H3,(H,43,55)(H,46,51)(H,47,54)/b13-12-,30-21-,42-37?,48-38?/t28-/m0/s1. The summed E-state index contributed by atoms with van der Waals surface area (Å²) in [4.78, 5) is 71.3. The van der Waals surface area contributed by atoms with Crippen LogP contribution < -0.4 is 21.3 Å². The predicted octanol–water partition coefficient (Wildman–Crippen LogP) is 3.10.